The SMILES string of the molecule is CC1CN(c2cnc3c(C(F)(F)F)nn(C(C)c4ccc(Cl)cc4Cl)c3n2)CCC1N1CCCCC1. The van der Waals surface area contributed by atoms with Gasteiger partial charge in [0.15, 0.2) is 11.3 Å². The van der Waals surface area contributed by atoms with Crippen molar-refractivity contribution in [3.8, 4) is 0 Å². The molecule has 0 aliphatic carbocycles. The van der Waals surface area contributed by atoms with Gasteiger partial charge in [0, 0.05) is 29.2 Å². The highest BCUT2D eigenvalue weighted by atomic mass is 35.5. The zero-order valence-electron chi connectivity index (χ0n) is 20.3. The molecule has 0 bridgehead atoms. The van der Waals surface area contributed by atoms with E-state index in [2.05, 4.69) is 31.8 Å². The average molecular weight is 541 g/mol. The first-order valence-corrected chi connectivity index (χ1v) is 13.2. The normalized spacial score (nSPS) is 22.8. The van der Waals surface area contributed by atoms with Crippen LogP contribution in [0.25, 0.3) is 11.2 Å². The van der Waals surface area contributed by atoms with Crippen LogP contribution in [0.1, 0.15) is 56.8 Å². The monoisotopic (exact) mass is 540 g/mol. The number of nitrogens with zero attached hydrogens (tertiary/aromatic N) is 6. The van der Waals surface area contributed by atoms with Crippen LogP contribution in [0.3, 0.4) is 0 Å². The number of benzene rings is 1. The first-order valence-electron chi connectivity index (χ1n) is 12.4. The summed E-state index contributed by atoms with van der Waals surface area (Å²) in [6.45, 7) is 7.83. The van der Waals surface area contributed by atoms with Gasteiger partial charge < -0.3 is 4.90 Å². The van der Waals surface area contributed by atoms with E-state index in [-0.39, 0.29) is 11.2 Å². The van der Waals surface area contributed by atoms with Crippen molar-refractivity contribution in [2.45, 2.75) is 57.8 Å². The van der Waals surface area contributed by atoms with Gasteiger partial charge >= 0.3 is 6.18 Å². The summed E-state index contributed by atoms with van der Waals surface area (Å²) < 4.78 is 42.8. The van der Waals surface area contributed by atoms with E-state index in [9.17, 15) is 13.2 Å². The smallest absolute Gasteiger partial charge is 0.355 e. The highest BCUT2D eigenvalue weighted by Crippen LogP contribution is 2.37. The lowest BCUT2D eigenvalue weighted by molar-refractivity contribution is -0.140. The van der Waals surface area contributed by atoms with E-state index in [0.29, 0.717) is 33.4 Å². The minimum atomic E-state index is -4.66. The Kier molecular flexibility index (Phi) is 7.09. The molecule has 36 heavy (non-hydrogen) atoms. The average Bonchev–Trinajstić information content (AvgIpc) is 3.24. The molecule has 0 radical (unpaired) electrons. The van der Waals surface area contributed by atoms with Crippen molar-refractivity contribution in [3.63, 3.8) is 0 Å². The van der Waals surface area contributed by atoms with Crippen LogP contribution in [0.15, 0.2) is 24.4 Å². The standard InChI is InChI=1S/C25H29Cl2F3N6/c1-15-14-35(11-8-20(15)34-9-4-3-5-10-34)21-13-31-22-23(25(28,29)30)33-36(24(22)32-21)16(2)18-7-6-17(26)12-19(18)27/h6-7,12-13,15-16,20H,3-5,8-11,14H2,1-2H3. The fourth-order valence-corrected chi connectivity index (χ4v) is 6.19. The van der Waals surface area contributed by atoms with Crippen molar-refractivity contribution in [2.24, 2.45) is 5.92 Å². The quantitative estimate of drug-likeness (QED) is 0.380. The van der Waals surface area contributed by atoms with E-state index in [1.807, 2.05) is 0 Å². The van der Waals surface area contributed by atoms with E-state index in [4.69, 9.17) is 23.2 Å². The molecule has 3 atom stereocenters. The van der Waals surface area contributed by atoms with Crippen LogP contribution in [0.4, 0.5) is 19.0 Å². The first kappa shape index (κ1) is 25.5. The Hall–Kier alpha value is -2.10. The Bertz CT molecular complexity index is 1240. The van der Waals surface area contributed by atoms with E-state index in [1.165, 1.54) is 30.1 Å². The number of fused-ring (bicyclic) bond motifs is 1. The third-order valence-electron chi connectivity index (χ3n) is 7.48. The summed E-state index contributed by atoms with van der Waals surface area (Å²) in [5, 5.41) is 4.72. The molecule has 2 aliphatic rings. The summed E-state index contributed by atoms with van der Waals surface area (Å²) in [5.41, 5.74) is -0.628. The molecule has 3 aromatic rings. The number of aromatic nitrogens is 4. The molecule has 2 aliphatic heterocycles. The van der Waals surface area contributed by atoms with E-state index >= 15 is 0 Å². The van der Waals surface area contributed by atoms with Crippen LogP contribution < -0.4 is 4.90 Å². The molecule has 0 spiro atoms. The zero-order chi connectivity index (χ0) is 25.6. The number of likely N-dealkylation sites (tertiary alicyclic amines) is 1. The van der Waals surface area contributed by atoms with Crippen LogP contribution in [-0.4, -0.2) is 56.9 Å². The molecule has 0 amide bonds. The Morgan fingerprint density at radius 3 is 2.50 bits per heavy atom. The fourth-order valence-electron chi connectivity index (χ4n) is 5.62. The minimum Gasteiger partial charge on any atom is -0.355 e. The van der Waals surface area contributed by atoms with E-state index in [0.717, 1.165) is 32.6 Å². The number of alkyl halides is 3. The highest BCUT2D eigenvalue weighted by molar-refractivity contribution is 6.35. The first-order chi connectivity index (χ1) is 17.1. The van der Waals surface area contributed by atoms with Crippen molar-refractivity contribution in [2.75, 3.05) is 31.1 Å². The van der Waals surface area contributed by atoms with Crippen molar-refractivity contribution in [1.29, 1.82) is 0 Å². The summed E-state index contributed by atoms with van der Waals surface area (Å²) in [4.78, 5) is 13.6. The number of halogens is 5. The Labute approximate surface area is 218 Å². The molecule has 2 aromatic heterocycles. The summed E-state index contributed by atoms with van der Waals surface area (Å²) in [7, 11) is 0. The third kappa shape index (κ3) is 4.89. The minimum absolute atomic E-state index is 0.0872. The van der Waals surface area contributed by atoms with Gasteiger partial charge in [-0.05, 0) is 62.9 Å². The Morgan fingerprint density at radius 2 is 1.83 bits per heavy atom. The van der Waals surface area contributed by atoms with E-state index in [1.54, 1.807) is 25.1 Å². The number of hydrogen-bond donors (Lipinski definition) is 0. The molecule has 1 aromatic carbocycles. The van der Waals surface area contributed by atoms with Gasteiger partial charge in [-0.15, -0.1) is 0 Å². The van der Waals surface area contributed by atoms with Crippen molar-refractivity contribution >= 4 is 40.2 Å². The van der Waals surface area contributed by atoms with Gasteiger partial charge in [0.2, 0.25) is 0 Å². The predicted molar refractivity (Wildman–Crippen MR) is 136 cm³/mol. The van der Waals surface area contributed by atoms with Gasteiger partial charge in [0.25, 0.3) is 0 Å². The lowest BCUT2D eigenvalue weighted by Gasteiger charge is -2.44. The molecule has 4 heterocycles. The molecular formula is C25H29Cl2F3N6. The molecule has 6 nitrogen and oxygen atoms in total. The summed E-state index contributed by atoms with van der Waals surface area (Å²) >= 11 is 12.4. The van der Waals surface area contributed by atoms with Crippen LogP contribution in [0.5, 0.6) is 0 Å². The number of piperidine rings is 2. The molecule has 0 saturated carbocycles. The summed E-state index contributed by atoms with van der Waals surface area (Å²) in [6.07, 6.45) is 1.56. The lowest BCUT2D eigenvalue weighted by atomic mass is 9.91. The van der Waals surface area contributed by atoms with Crippen LogP contribution >= 0.6 is 23.2 Å². The van der Waals surface area contributed by atoms with Crippen molar-refractivity contribution in [1.82, 2.24) is 24.6 Å². The van der Waals surface area contributed by atoms with Crippen LogP contribution in [0, 0.1) is 5.92 Å². The maximum atomic E-state index is 13.9. The Balaban J connectivity index is 1.48. The summed E-state index contributed by atoms with van der Waals surface area (Å²) in [5.74, 6) is 0.979. The molecular weight excluding hydrogens is 512 g/mol. The van der Waals surface area contributed by atoms with Crippen LogP contribution in [0.2, 0.25) is 10.0 Å². The molecule has 2 saturated heterocycles. The number of rotatable bonds is 4. The molecule has 3 unspecified atom stereocenters. The predicted octanol–water partition coefficient (Wildman–Crippen LogP) is 6.46. The van der Waals surface area contributed by atoms with Gasteiger partial charge in [-0.2, -0.15) is 18.3 Å². The second kappa shape index (κ2) is 9.99. The maximum absolute atomic E-state index is 13.9. The van der Waals surface area contributed by atoms with Crippen molar-refractivity contribution in [3.05, 3.63) is 45.7 Å². The Morgan fingerprint density at radius 1 is 1.08 bits per heavy atom. The van der Waals surface area contributed by atoms with Gasteiger partial charge in [-0.25, -0.2) is 14.6 Å². The maximum Gasteiger partial charge on any atom is 0.437 e. The second-order valence-corrected chi connectivity index (χ2v) is 10.8. The van der Waals surface area contributed by atoms with Gasteiger partial charge in [0.1, 0.15) is 11.3 Å². The lowest BCUT2D eigenvalue weighted by Crippen LogP contribution is -2.51. The largest absolute Gasteiger partial charge is 0.437 e. The summed E-state index contributed by atoms with van der Waals surface area (Å²) in [6, 6.07) is 4.83. The van der Waals surface area contributed by atoms with Gasteiger partial charge in [0.05, 0.1) is 12.2 Å². The van der Waals surface area contributed by atoms with Crippen molar-refractivity contribution < 1.29 is 13.2 Å². The van der Waals surface area contributed by atoms with Crippen LogP contribution in [-0.2, 0) is 6.18 Å². The molecule has 0 N–H and O–H groups in total. The molecule has 5 rings (SSSR count). The molecule has 11 heteroatoms. The second-order valence-electron chi connectivity index (χ2n) is 9.91. The number of anilines is 1. The third-order valence-corrected chi connectivity index (χ3v) is 8.04. The molecule has 194 valence electrons. The van der Waals surface area contributed by atoms with E-state index < -0.39 is 17.9 Å². The van der Waals surface area contributed by atoms with Gasteiger partial charge in [-0.1, -0.05) is 42.6 Å². The highest BCUT2D eigenvalue weighted by Gasteiger charge is 2.39. The zero-order valence-corrected chi connectivity index (χ0v) is 21.8. The fraction of sp³-hybridized carbons (Fsp3) is 0.560. The van der Waals surface area contributed by atoms with Gasteiger partial charge in [-0.3, -0.25) is 4.90 Å². The number of hydrogen-bond acceptors (Lipinski definition) is 5. The topological polar surface area (TPSA) is 50.1 Å². The molecule has 2 fully saturated rings.